The molecule has 0 unspecified atom stereocenters. The van der Waals surface area contributed by atoms with E-state index in [1.807, 2.05) is 0 Å². The molecule has 1 spiro atoms. The number of aliphatic hydroxyl groups is 1. The highest BCUT2D eigenvalue weighted by atomic mass is 19.1. The fraction of sp³-hybridized carbons (Fsp3) is 0.850. The Balaban J connectivity index is 1.59. The van der Waals surface area contributed by atoms with Crippen LogP contribution in [0, 0.1) is 34.0 Å². The first-order chi connectivity index (χ1) is 10.8. The van der Waals surface area contributed by atoms with Crippen molar-refractivity contribution in [3.8, 4) is 0 Å². The van der Waals surface area contributed by atoms with E-state index >= 15 is 0 Å². The lowest BCUT2D eigenvalue weighted by Crippen LogP contribution is -2.54. The number of aliphatic hydroxyl groups excluding tert-OH is 1. The molecule has 4 fully saturated rings. The summed E-state index contributed by atoms with van der Waals surface area (Å²) in [6, 6.07) is 0. The van der Waals surface area contributed by atoms with Gasteiger partial charge < -0.3 is 5.11 Å². The Bertz CT molecular complexity index is 640. The highest BCUT2D eigenvalue weighted by Crippen LogP contribution is 2.82. The van der Waals surface area contributed by atoms with E-state index in [-0.39, 0.29) is 22.7 Å². The lowest BCUT2D eigenvalue weighted by atomic mass is 9.45. The van der Waals surface area contributed by atoms with Crippen LogP contribution >= 0.6 is 0 Å². The molecular formula is C20H27FO2. The van der Waals surface area contributed by atoms with E-state index in [1.165, 1.54) is 6.42 Å². The summed E-state index contributed by atoms with van der Waals surface area (Å²) in [4.78, 5) is 11.8. The van der Waals surface area contributed by atoms with Crippen molar-refractivity contribution in [3.63, 3.8) is 0 Å². The second-order valence-corrected chi connectivity index (χ2v) is 9.53. The molecule has 0 saturated heterocycles. The van der Waals surface area contributed by atoms with Crippen molar-refractivity contribution < 1.29 is 14.3 Å². The molecule has 0 radical (unpaired) electrons. The minimum Gasteiger partial charge on any atom is -0.393 e. The second-order valence-electron chi connectivity index (χ2n) is 9.53. The zero-order valence-corrected chi connectivity index (χ0v) is 14.2. The SMILES string of the molecule is C[C@]12CCC(=O)C(F)=C1CC[C@@H]1[C@@H]2CC[C@]2(C)[C@@H](O)C[C@@H]3C[C@]312. The number of hydrogen-bond donors (Lipinski definition) is 1. The maximum Gasteiger partial charge on any atom is 0.191 e. The molecule has 4 saturated carbocycles. The van der Waals surface area contributed by atoms with Crippen molar-refractivity contribution in [2.75, 3.05) is 0 Å². The number of hydrogen-bond acceptors (Lipinski definition) is 2. The molecule has 0 bridgehead atoms. The average molecular weight is 318 g/mol. The van der Waals surface area contributed by atoms with Gasteiger partial charge in [-0.05, 0) is 84.5 Å². The summed E-state index contributed by atoms with van der Waals surface area (Å²) in [5, 5.41) is 10.6. The van der Waals surface area contributed by atoms with Crippen molar-refractivity contribution in [2.24, 2.45) is 34.0 Å². The molecule has 5 rings (SSSR count). The molecular weight excluding hydrogens is 291 g/mol. The summed E-state index contributed by atoms with van der Waals surface area (Å²) in [5.74, 6) is 1.16. The molecule has 0 amide bonds. The van der Waals surface area contributed by atoms with Gasteiger partial charge in [0.2, 0.25) is 0 Å². The van der Waals surface area contributed by atoms with Gasteiger partial charge in [-0.25, -0.2) is 4.39 Å². The Labute approximate surface area is 137 Å². The van der Waals surface area contributed by atoms with Crippen LogP contribution in [0.3, 0.4) is 0 Å². The summed E-state index contributed by atoms with van der Waals surface area (Å²) >= 11 is 0. The molecule has 0 aliphatic heterocycles. The first-order valence-electron chi connectivity index (χ1n) is 9.45. The molecule has 0 aromatic rings. The highest BCUT2D eigenvalue weighted by molar-refractivity contribution is 5.95. The van der Waals surface area contributed by atoms with Crippen molar-refractivity contribution in [3.05, 3.63) is 11.4 Å². The molecule has 1 N–H and O–H groups in total. The van der Waals surface area contributed by atoms with E-state index in [0.717, 1.165) is 44.1 Å². The molecule has 0 aromatic carbocycles. The van der Waals surface area contributed by atoms with Crippen LogP contribution in [0.1, 0.15) is 65.2 Å². The Kier molecular flexibility index (Phi) is 2.60. The van der Waals surface area contributed by atoms with Crippen molar-refractivity contribution >= 4 is 5.78 Å². The van der Waals surface area contributed by atoms with Gasteiger partial charge in [0, 0.05) is 6.42 Å². The van der Waals surface area contributed by atoms with E-state index in [4.69, 9.17) is 0 Å². The average Bonchev–Trinajstić information content (AvgIpc) is 3.17. The lowest BCUT2D eigenvalue weighted by Gasteiger charge is -2.59. The van der Waals surface area contributed by atoms with Crippen molar-refractivity contribution in [1.82, 2.24) is 0 Å². The molecule has 3 heteroatoms. The van der Waals surface area contributed by atoms with Crippen LogP contribution in [0.5, 0.6) is 0 Å². The Morgan fingerprint density at radius 2 is 1.91 bits per heavy atom. The summed E-state index contributed by atoms with van der Waals surface area (Å²) in [6.45, 7) is 4.55. The van der Waals surface area contributed by atoms with Crippen molar-refractivity contribution in [2.45, 2.75) is 71.3 Å². The van der Waals surface area contributed by atoms with E-state index < -0.39 is 5.83 Å². The van der Waals surface area contributed by atoms with Crippen LogP contribution in [-0.4, -0.2) is 17.0 Å². The topological polar surface area (TPSA) is 37.3 Å². The molecule has 5 aliphatic carbocycles. The molecule has 23 heavy (non-hydrogen) atoms. The summed E-state index contributed by atoms with van der Waals surface area (Å²) in [5.41, 5.74) is 1.13. The van der Waals surface area contributed by atoms with E-state index in [9.17, 15) is 14.3 Å². The number of carbonyl (C=O) groups is 1. The summed E-state index contributed by atoms with van der Waals surface area (Å²) < 4.78 is 14.5. The van der Waals surface area contributed by atoms with Crippen LogP contribution in [0.15, 0.2) is 11.4 Å². The summed E-state index contributed by atoms with van der Waals surface area (Å²) in [6.07, 6.45) is 7.27. The molecule has 0 heterocycles. The van der Waals surface area contributed by atoms with Crippen LogP contribution in [0.25, 0.3) is 0 Å². The number of carbonyl (C=O) groups excluding carboxylic acids is 1. The van der Waals surface area contributed by atoms with Gasteiger partial charge in [-0.15, -0.1) is 0 Å². The third-order valence-electron chi connectivity index (χ3n) is 9.18. The summed E-state index contributed by atoms with van der Waals surface area (Å²) in [7, 11) is 0. The third kappa shape index (κ3) is 1.44. The Morgan fingerprint density at radius 3 is 2.70 bits per heavy atom. The van der Waals surface area contributed by atoms with Gasteiger partial charge in [-0.3, -0.25) is 4.79 Å². The fourth-order valence-electron chi connectivity index (χ4n) is 7.85. The van der Waals surface area contributed by atoms with Gasteiger partial charge in [0.1, 0.15) is 0 Å². The zero-order valence-electron chi connectivity index (χ0n) is 14.2. The number of halogens is 1. The van der Waals surface area contributed by atoms with Gasteiger partial charge >= 0.3 is 0 Å². The quantitative estimate of drug-likeness (QED) is 0.727. The first kappa shape index (κ1) is 14.6. The Morgan fingerprint density at radius 1 is 1.13 bits per heavy atom. The van der Waals surface area contributed by atoms with Gasteiger partial charge in [-0.2, -0.15) is 0 Å². The minimum atomic E-state index is -0.401. The zero-order chi connectivity index (χ0) is 16.2. The molecule has 126 valence electrons. The predicted octanol–water partition coefficient (Wildman–Crippen LogP) is 4.18. The van der Waals surface area contributed by atoms with Crippen molar-refractivity contribution in [1.29, 1.82) is 0 Å². The molecule has 7 atom stereocenters. The number of allylic oxidation sites excluding steroid dienone is 1. The standard InChI is InChI=1S/C20H27FO2/c1-18-7-6-15(22)17(21)14(18)4-3-13-12(18)5-8-19(2)16(23)9-11-10-20(11,13)19/h11-13,16,23H,3-10H2,1-2H3/t11-,12+,13-,16+,18-,19-,20+/m1/s1. The molecule has 0 aromatic heterocycles. The monoisotopic (exact) mass is 318 g/mol. The fourth-order valence-corrected chi connectivity index (χ4v) is 7.85. The maximum absolute atomic E-state index is 14.5. The third-order valence-corrected chi connectivity index (χ3v) is 9.18. The minimum absolute atomic E-state index is 0.0828. The highest BCUT2D eigenvalue weighted by Gasteiger charge is 2.77. The van der Waals surface area contributed by atoms with Gasteiger partial charge in [0.05, 0.1) is 6.10 Å². The van der Waals surface area contributed by atoms with Crippen LogP contribution in [0.2, 0.25) is 0 Å². The lowest BCUT2D eigenvalue weighted by molar-refractivity contribution is -0.123. The normalized spacial score (nSPS) is 57.5. The molecule has 5 aliphatic rings. The van der Waals surface area contributed by atoms with Crippen LogP contribution in [0.4, 0.5) is 4.39 Å². The Hall–Kier alpha value is -0.700. The van der Waals surface area contributed by atoms with Crippen LogP contribution < -0.4 is 0 Å². The first-order valence-corrected chi connectivity index (χ1v) is 9.45. The van der Waals surface area contributed by atoms with Gasteiger partial charge in [0.25, 0.3) is 0 Å². The second kappa shape index (κ2) is 4.09. The van der Waals surface area contributed by atoms with Crippen LogP contribution in [-0.2, 0) is 4.79 Å². The van der Waals surface area contributed by atoms with E-state index in [0.29, 0.717) is 29.6 Å². The maximum atomic E-state index is 14.5. The van der Waals surface area contributed by atoms with Gasteiger partial charge in [0.15, 0.2) is 11.6 Å². The molecule has 2 nitrogen and oxygen atoms in total. The largest absolute Gasteiger partial charge is 0.393 e. The smallest absolute Gasteiger partial charge is 0.191 e. The predicted molar refractivity (Wildman–Crippen MR) is 85.2 cm³/mol. The van der Waals surface area contributed by atoms with E-state index in [2.05, 4.69) is 13.8 Å². The van der Waals surface area contributed by atoms with Gasteiger partial charge in [-0.1, -0.05) is 13.8 Å². The van der Waals surface area contributed by atoms with E-state index in [1.54, 1.807) is 0 Å². The number of fused-ring (bicyclic) bond motifs is 3. The number of rotatable bonds is 0. The number of ketones is 1. The number of Topliss-reactive ketones (excluding diaryl/α,β-unsaturated/α-hetero) is 1.